The number of allylic oxidation sites excluding steroid dienone is 8. The summed E-state index contributed by atoms with van der Waals surface area (Å²) >= 11 is 0. The van der Waals surface area contributed by atoms with E-state index in [2.05, 4.69) is 125 Å². The molecular weight excluding hydrogens is 560 g/mol. The van der Waals surface area contributed by atoms with Crippen molar-refractivity contribution in [3.8, 4) is 5.69 Å². The van der Waals surface area contributed by atoms with E-state index in [4.69, 9.17) is 4.99 Å². The maximum Gasteiger partial charge on any atom is 0.0701 e. The van der Waals surface area contributed by atoms with Crippen LogP contribution in [0.25, 0.3) is 44.1 Å². The zero-order valence-corrected chi connectivity index (χ0v) is 26.7. The summed E-state index contributed by atoms with van der Waals surface area (Å²) in [5.74, 6) is 0. The fourth-order valence-corrected chi connectivity index (χ4v) is 6.08. The van der Waals surface area contributed by atoms with Gasteiger partial charge in [0.05, 0.1) is 34.5 Å². The number of rotatable bonds is 10. The second-order valence-corrected chi connectivity index (χ2v) is 11.2. The second-order valence-electron chi connectivity index (χ2n) is 11.2. The topological polar surface area (TPSA) is 34.6 Å². The standard InChI is InChI=1S/C42H38N4/c1-6-9-19-34(8-3)45-25-24-33-27-41-37(28-40(33)45)36-26-31(22-23-39(36)46(41)35-20-14-11-15-21-35)29-44-42(32-17-12-10-13-18-32)30(4)38(43-5)16-7-2/h6-28H,3,5,29H2,1-2,4H3/b9-6-,16-7-,34-19+,38-30-,44-42?. The summed E-state index contributed by atoms with van der Waals surface area (Å²) in [6.07, 6.45) is 14.1. The Labute approximate surface area is 271 Å². The average molecular weight is 599 g/mol. The van der Waals surface area contributed by atoms with Crippen molar-refractivity contribution in [1.82, 2.24) is 9.13 Å². The van der Waals surface area contributed by atoms with Gasteiger partial charge in [0.15, 0.2) is 0 Å². The molecule has 2 heterocycles. The van der Waals surface area contributed by atoms with E-state index in [1.807, 2.05) is 62.4 Å². The number of nitrogens with zero attached hydrogens (tertiary/aromatic N) is 4. The van der Waals surface area contributed by atoms with Gasteiger partial charge in [0.1, 0.15) is 0 Å². The molecule has 0 aliphatic rings. The molecule has 226 valence electrons. The summed E-state index contributed by atoms with van der Waals surface area (Å²) in [5.41, 5.74) is 10.5. The molecule has 0 saturated heterocycles. The van der Waals surface area contributed by atoms with Crippen LogP contribution in [0.15, 0.2) is 168 Å². The SMILES string of the molecule is C=C/C(=C\C=C/C)n1ccc2cc3c(cc21)c1cc(CN=C(/C(C)=C(/C=C\C)N=C)c2ccccc2)ccc1n3-c1ccccc1. The zero-order valence-electron chi connectivity index (χ0n) is 26.7. The fourth-order valence-electron chi connectivity index (χ4n) is 6.08. The maximum absolute atomic E-state index is 5.19. The zero-order chi connectivity index (χ0) is 32.0. The minimum absolute atomic E-state index is 0.529. The molecule has 0 aliphatic heterocycles. The fraction of sp³-hybridized carbons (Fsp3) is 0.0952. The van der Waals surface area contributed by atoms with Gasteiger partial charge in [-0.05, 0) is 93.7 Å². The Morgan fingerprint density at radius 2 is 1.54 bits per heavy atom. The molecule has 0 fully saturated rings. The van der Waals surface area contributed by atoms with E-state index in [0.29, 0.717) is 6.54 Å². The van der Waals surface area contributed by atoms with Gasteiger partial charge in [-0.2, -0.15) is 0 Å². The predicted octanol–water partition coefficient (Wildman–Crippen LogP) is 10.9. The van der Waals surface area contributed by atoms with Gasteiger partial charge in [-0.3, -0.25) is 9.98 Å². The first-order valence-electron chi connectivity index (χ1n) is 15.6. The van der Waals surface area contributed by atoms with E-state index in [1.165, 1.54) is 21.7 Å². The highest BCUT2D eigenvalue weighted by molar-refractivity contribution is 6.14. The van der Waals surface area contributed by atoms with Gasteiger partial charge >= 0.3 is 0 Å². The highest BCUT2D eigenvalue weighted by Crippen LogP contribution is 2.36. The third kappa shape index (κ3) is 5.73. The Balaban J connectivity index is 1.56. The summed E-state index contributed by atoms with van der Waals surface area (Å²) in [5, 5.41) is 3.56. The smallest absolute Gasteiger partial charge is 0.0701 e. The number of aliphatic imine (C=N–C) groups is 2. The van der Waals surface area contributed by atoms with Crippen LogP contribution in [0.3, 0.4) is 0 Å². The van der Waals surface area contributed by atoms with E-state index in [-0.39, 0.29) is 0 Å². The lowest BCUT2D eigenvalue weighted by atomic mass is 10.0. The summed E-state index contributed by atoms with van der Waals surface area (Å²) in [4.78, 5) is 9.48. The molecular formula is C42H38N4. The van der Waals surface area contributed by atoms with E-state index >= 15 is 0 Å². The first-order valence-corrected chi connectivity index (χ1v) is 15.6. The molecule has 0 unspecified atom stereocenters. The predicted molar refractivity (Wildman–Crippen MR) is 199 cm³/mol. The molecule has 2 aromatic heterocycles. The lowest BCUT2D eigenvalue weighted by molar-refractivity contribution is 1.07. The van der Waals surface area contributed by atoms with Crippen LogP contribution in [-0.2, 0) is 6.54 Å². The molecule has 0 aliphatic carbocycles. The van der Waals surface area contributed by atoms with Crippen molar-refractivity contribution < 1.29 is 0 Å². The second kappa shape index (κ2) is 13.5. The summed E-state index contributed by atoms with van der Waals surface area (Å²) < 4.78 is 4.57. The molecule has 0 N–H and O–H groups in total. The van der Waals surface area contributed by atoms with Crippen LogP contribution in [-0.4, -0.2) is 21.6 Å². The average Bonchev–Trinajstić information content (AvgIpc) is 3.65. The third-order valence-electron chi connectivity index (χ3n) is 8.30. The quantitative estimate of drug-likeness (QED) is 0.111. The maximum atomic E-state index is 5.19. The van der Waals surface area contributed by atoms with Crippen molar-refractivity contribution in [2.45, 2.75) is 27.3 Å². The van der Waals surface area contributed by atoms with E-state index in [1.54, 1.807) is 0 Å². The molecule has 6 aromatic rings. The number of hydrogen-bond donors (Lipinski definition) is 0. The van der Waals surface area contributed by atoms with Crippen LogP contribution in [0.2, 0.25) is 0 Å². The van der Waals surface area contributed by atoms with Crippen molar-refractivity contribution >= 4 is 50.8 Å². The first kappa shape index (κ1) is 30.3. The minimum Gasteiger partial charge on any atom is -0.317 e. The molecule has 6 rings (SSSR count). The molecule has 0 saturated carbocycles. The van der Waals surface area contributed by atoms with Crippen LogP contribution >= 0.6 is 0 Å². The van der Waals surface area contributed by atoms with Crippen molar-refractivity contribution in [3.63, 3.8) is 0 Å². The molecule has 4 nitrogen and oxygen atoms in total. The Morgan fingerprint density at radius 3 is 2.24 bits per heavy atom. The Bertz CT molecular complexity index is 2220. The number of para-hydroxylation sites is 1. The van der Waals surface area contributed by atoms with E-state index in [0.717, 1.165) is 50.5 Å². The molecule has 46 heavy (non-hydrogen) atoms. The van der Waals surface area contributed by atoms with Crippen molar-refractivity contribution in [2.24, 2.45) is 9.98 Å². The molecule has 4 heteroatoms. The molecule has 0 spiro atoms. The van der Waals surface area contributed by atoms with Gasteiger partial charge in [0, 0.05) is 44.9 Å². The summed E-state index contributed by atoms with van der Waals surface area (Å²) in [6.45, 7) is 14.5. The van der Waals surface area contributed by atoms with Crippen molar-refractivity contribution in [1.29, 1.82) is 0 Å². The van der Waals surface area contributed by atoms with Crippen molar-refractivity contribution in [2.75, 3.05) is 0 Å². The van der Waals surface area contributed by atoms with E-state index in [9.17, 15) is 0 Å². The number of fused-ring (bicyclic) bond motifs is 4. The molecule has 0 radical (unpaired) electrons. The van der Waals surface area contributed by atoms with Crippen LogP contribution < -0.4 is 0 Å². The molecule has 0 bridgehead atoms. The largest absolute Gasteiger partial charge is 0.317 e. The lowest BCUT2D eigenvalue weighted by Crippen LogP contribution is -2.06. The van der Waals surface area contributed by atoms with Crippen LogP contribution in [0.4, 0.5) is 0 Å². The highest BCUT2D eigenvalue weighted by atomic mass is 15.0. The summed E-state index contributed by atoms with van der Waals surface area (Å²) in [7, 11) is 0. The number of aromatic nitrogens is 2. The van der Waals surface area contributed by atoms with Crippen LogP contribution in [0, 0.1) is 0 Å². The third-order valence-corrected chi connectivity index (χ3v) is 8.30. The molecule has 0 atom stereocenters. The molecule has 4 aromatic carbocycles. The first-order chi connectivity index (χ1) is 22.6. The normalized spacial score (nSPS) is 13.4. The van der Waals surface area contributed by atoms with Crippen molar-refractivity contribution in [3.05, 3.63) is 169 Å². The van der Waals surface area contributed by atoms with Crippen LogP contribution in [0.5, 0.6) is 0 Å². The Hall–Kier alpha value is -5.74. The van der Waals surface area contributed by atoms with Gasteiger partial charge in [-0.15, -0.1) is 0 Å². The van der Waals surface area contributed by atoms with Gasteiger partial charge < -0.3 is 9.13 Å². The van der Waals surface area contributed by atoms with E-state index < -0.39 is 0 Å². The number of hydrogen-bond acceptors (Lipinski definition) is 2. The Kier molecular flexibility index (Phi) is 8.89. The van der Waals surface area contributed by atoms with Crippen LogP contribution in [0.1, 0.15) is 31.9 Å². The highest BCUT2D eigenvalue weighted by Gasteiger charge is 2.16. The Morgan fingerprint density at radius 1 is 0.804 bits per heavy atom. The van der Waals surface area contributed by atoms with Gasteiger partial charge in [0.2, 0.25) is 0 Å². The number of benzene rings is 4. The summed E-state index contributed by atoms with van der Waals surface area (Å²) in [6, 6.07) is 34.4. The van der Waals surface area contributed by atoms with Gasteiger partial charge in [-0.1, -0.05) is 79.4 Å². The lowest BCUT2D eigenvalue weighted by Gasteiger charge is -2.11. The van der Waals surface area contributed by atoms with Gasteiger partial charge in [-0.25, -0.2) is 0 Å². The van der Waals surface area contributed by atoms with Gasteiger partial charge in [0.25, 0.3) is 0 Å². The molecule has 0 amide bonds. The minimum atomic E-state index is 0.529. The monoisotopic (exact) mass is 598 g/mol.